The largest absolute Gasteiger partial charge is 0.399 e. The van der Waals surface area contributed by atoms with Crippen LogP contribution in [0.15, 0.2) is 170 Å². The molecule has 6 heteroatoms. The smallest absolute Gasteiger partial charge is 0.255 e. The van der Waals surface area contributed by atoms with Gasteiger partial charge < -0.3 is 22.1 Å². The van der Waals surface area contributed by atoms with Crippen LogP contribution in [0.5, 0.6) is 0 Å². The number of nitrogens with two attached hydrogens (primary N) is 2. The van der Waals surface area contributed by atoms with Gasteiger partial charge in [0.2, 0.25) is 0 Å². The summed E-state index contributed by atoms with van der Waals surface area (Å²) in [4.78, 5) is 27.3. The Morgan fingerprint density at radius 3 is 1.28 bits per heavy atom. The quantitative estimate of drug-likeness (QED) is 0.131. The van der Waals surface area contributed by atoms with Gasteiger partial charge in [-0.3, -0.25) is 9.59 Å². The number of carbonyl (C=O) groups excluding carboxylic acids is 2. The van der Waals surface area contributed by atoms with Gasteiger partial charge in [-0.2, -0.15) is 0 Å². The van der Waals surface area contributed by atoms with Gasteiger partial charge >= 0.3 is 0 Å². The molecule has 1 aliphatic carbocycles. The molecule has 53 heavy (non-hydrogen) atoms. The molecule has 8 aromatic rings. The van der Waals surface area contributed by atoms with Crippen LogP contribution < -0.4 is 22.1 Å². The van der Waals surface area contributed by atoms with Crippen molar-refractivity contribution in [3.63, 3.8) is 0 Å². The van der Waals surface area contributed by atoms with Crippen molar-refractivity contribution in [3.8, 4) is 11.1 Å². The van der Waals surface area contributed by atoms with Crippen LogP contribution in [-0.2, 0) is 5.41 Å². The minimum absolute atomic E-state index is 0.202. The van der Waals surface area contributed by atoms with Gasteiger partial charge in [-0.05, 0) is 105 Å². The predicted octanol–water partition coefficient (Wildman–Crippen LogP) is 10.0. The van der Waals surface area contributed by atoms with E-state index in [1.165, 1.54) is 0 Å². The van der Waals surface area contributed by atoms with Crippen LogP contribution in [0.1, 0.15) is 43.0 Å². The van der Waals surface area contributed by atoms with Gasteiger partial charge in [0.1, 0.15) is 0 Å². The Balaban J connectivity index is 1.09. The third-order valence-electron chi connectivity index (χ3n) is 10.4. The molecule has 0 spiro atoms. The summed E-state index contributed by atoms with van der Waals surface area (Å²) in [7, 11) is 0. The topological polar surface area (TPSA) is 110 Å². The molecule has 6 nitrogen and oxygen atoms in total. The van der Waals surface area contributed by atoms with Crippen molar-refractivity contribution in [1.82, 2.24) is 0 Å². The van der Waals surface area contributed by atoms with Gasteiger partial charge in [-0.25, -0.2) is 0 Å². The fourth-order valence-electron chi connectivity index (χ4n) is 7.98. The normalized spacial score (nSPS) is 12.6. The average molecular weight is 687 g/mol. The number of hydrogen-bond donors (Lipinski definition) is 4. The number of nitrogen functional groups attached to an aromatic ring is 2. The Morgan fingerprint density at radius 1 is 0.434 bits per heavy atom. The highest BCUT2D eigenvalue weighted by atomic mass is 16.2. The van der Waals surface area contributed by atoms with Crippen molar-refractivity contribution in [1.29, 1.82) is 0 Å². The minimum atomic E-state index is -0.692. The van der Waals surface area contributed by atoms with Gasteiger partial charge in [-0.15, -0.1) is 0 Å². The molecule has 0 saturated carbocycles. The van der Waals surface area contributed by atoms with E-state index in [9.17, 15) is 9.59 Å². The summed E-state index contributed by atoms with van der Waals surface area (Å²) in [5.74, 6) is -0.403. The maximum atomic E-state index is 13.6. The Hall–Kier alpha value is -7.18. The number of fused-ring (bicyclic) bond motifs is 5. The number of carbonyl (C=O) groups is 2. The van der Waals surface area contributed by atoms with Gasteiger partial charge in [0.05, 0.1) is 5.41 Å². The lowest BCUT2D eigenvalue weighted by Gasteiger charge is -2.34. The van der Waals surface area contributed by atoms with E-state index < -0.39 is 5.41 Å². The molecule has 0 saturated heterocycles. The number of benzene rings is 8. The van der Waals surface area contributed by atoms with Crippen LogP contribution in [0.2, 0.25) is 0 Å². The first-order valence-corrected chi connectivity index (χ1v) is 17.5. The molecule has 1 aliphatic rings. The first kappa shape index (κ1) is 31.8. The van der Waals surface area contributed by atoms with Crippen molar-refractivity contribution < 1.29 is 9.59 Å². The Labute approximate surface area is 306 Å². The lowest BCUT2D eigenvalue weighted by atomic mass is 9.67. The van der Waals surface area contributed by atoms with Crippen molar-refractivity contribution >= 4 is 56.1 Å². The minimum Gasteiger partial charge on any atom is -0.399 e. The van der Waals surface area contributed by atoms with E-state index in [1.807, 2.05) is 121 Å². The maximum Gasteiger partial charge on any atom is 0.255 e. The highest BCUT2D eigenvalue weighted by Crippen LogP contribution is 2.56. The summed E-state index contributed by atoms with van der Waals surface area (Å²) in [6.07, 6.45) is 0. The second kappa shape index (κ2) is 12.5. The lowest BCUT2D eigenvalue weighted by molar-refractivity contribution is 0.101. The van der Waals surface area contributed by atoms with Crippen molar-refractivity contribution in [2.24, 2.45) is 0 Å². The van der Waals surface area contributed by atoms with Gasteiger partial charge in [0, 0.05) is 44.6 Å². The maximum absolute atomic E-state index is 13.6. The second-order valence-corrected chi connectivity index (χ2v) is 13.5. The molecule has 8 aromatic carbocycles. The van der Waals surface area contributed by atoms with Crippen LogP contribution in [-0.4, -0.2) is 11.8 Å². The second-order valence-electron chi connectivity index (χ2n) is 13.5. The van der Waals surface area contributed by atoms with Gasteiger partial charge in [-0.1, -0.05) is 109 Å². The van der Waals surface area contributed by atoms with E-state index in [-0.39, 0.29) is 11.8 Å². The fraction of sp³-hybridized carbons (Fsp3) is 0.0213. The molecule has 0 fully saturated rings. The average Bonchev–Trinajstić information content (AvgIpc) is 3.49. The lowest BCUT2D eigenvalue weighted by Crippen LogP contribution is -2.29. The van der Waals surface area contributed by atoms with E-state index in [4.69, 9.17) is 11.5 Å². The van der Waals surface area contributed by atoms with Gasteiger partial charge in [0.25, 0.3) is 11.8 Å². The van der Waals surface area contributed by atoms with E-state index in [1.54, 1.807) is 0 Å². The molecule has 2 amide bonds. The Morgan fingerprint density at radius 2 is 0.849 bits per heavy atom. The SMILES string of the molecule is Nc1ccc2c(NC(=O)c3ccc(C4(c5ccc(C(=O)Nc6cccc7cc(N)ccc67)cc5)c5ccccc5-c5ccccc54)cc3)cccc2c1. The number of nitrogens with one attached hydrogen (secondary N) is 2. The number of amides is 2. The predicted molar refractivity (Wildman–Crippen MR) is 216 cm³/mol. The molecular formula is C47H34N4O2. The van der Waals surface area contributed by atoms with Crippen LogP contribution in [0, 0.1) is 0 Å². The zero-order chi connectivity index (χ0) is 36.1. The summed E-state index contributed by atoms with van der Waals surface area (Å²) < 4.78 is 0. The Kier molecular flexibility index (Phi) is 7.52. The fourth-order valence-corrected chi connectivity index (χ4v) is 7.98. The summed E-state index contributed by atoms with van der Waals surface area (Å²) in [5, 5.41) is 9.97. The third-order valence-corrected chi connectivity index (χ3v) is 10.4. The zero-order valence-electron chi connectivity index (χ0n) is 28.6. The number of rotatable bonds is 6. The molecular weight excluding hydrogens is 653 g/mol. The van der Waals surface area contributed by atoms with E-state index >= 15 is 0 Å². The molecule has 254 valence electrons. The van der Waals surface area contributed by atoms with Crippen molar-refractivity contribution in [2.75, 3.05) is 22.1 Å². The summed E-state index contributed by atoms with van der Waals surface area (Å²) in [5.41, 5.74) is 21.8. The highest BCUT2D eigenvalue weighted by Gasteiger charge is 2.45. The molecule has 0 atom stereocenters. The van der Waals surface area contributed by atoms with Gasteiger partial charge in [0.15, 0.2) is 0 Å². The number of anilines is 4. The molecule has 9 rings (SSSR count). The highest BCUT2D eigenvalue weighted by molar-refractivity contribution is 6.10. The van der Waals surface area contributed by atoms with Crippen LogP contribution >= 0.6 is 0 Å². The first-order valence-electron chi connectivity index (χ1n) is 17.5. The molecule has 0 radical (unpaired) electrons. The first-order chi connectivity index (χ1) is 25.9. The van der Waals surface area contributed by atoms with E-state index in [0.717, 1.165) is 66.3 Å². The monoisotopic (exact) mass is 686 g/mol. The van der Waals surface area contributed by atoms with Crippen LogP contribution in [0.25, 0.3) is 32.7 Å². The standard InChI is InChI=1S/C47H34N4O2/c48-35-23-25-37-31(27-35)7-5-13-43(37)50-45(52)29-15-19-33(20-16-29)47(41-11-3-1-9-39(41)40-10-2-4-12-42(40)47)34-21-17-30(18-22-34)46(53)51-44-14-6-8-32-28-36(49)24-26-38(32)44/h1-28H,48-49H2,(H,50,52)(H,51,53). The molecule has 0 aliphatic heterocycles. The molecule has 6 N–H and O–H groups in total. The molecule has 0 aromatic heterocycles. The van der Waals surface area contributed by atoms with Crippen LogP contribution in [0.4, 0.5) is 22.7 Å². The number of hydrogen-bond acceptors (Lipinski definition) is 4. The van der Waals surface area contributed by atoms with E-state index in [0.29, 0.717) is 22.5 Å². The van der Waals surface area contributed by atoms with Crippen molar-refractivity contribution in [3.05, 3.63) is 203 Å². The molecule has 0 unspecified atom stereocenters. The molecule has 0 bridgehead atoms. The third kappa shape index (κ3) is 5.27. The summed E-state index contributed by atoms with van der Waals surface area (Å²) in [6.45, 7) is 0. The Bertz CT molecular complexity index is 2550. The summed E-state index contributed by atoms with van der Waals surface area (Å²) in [6, 6.07) is 55.6. The van der Waals surface area contributed by atoms with Crippen LogP contribution in [0.3, 0.4) is 0 Å². The van der Waals surface area contributed by atoms with Crippen molar-refractivity contribution in [2.45, 2.75) is 5.41 Å². The van der Waals surface area contributed by atoms with E-state index in [2.05, 4.69) is 59.2 Å². The zero-order valence-corrected chi connectivity index (χ0v) is 28.6. The molecule has 0 heterocycles. The summed E-state index contributed by atoms with van der Waals surface area (Å²) >= 11 is 0.